The maximum atomic E-state index is 10.9. The standard InChI is InChI=1S/C13H13BrN2O2/c1-18-13-11(8-17)15-16-12(13)9-4-2-3-5-10(14)7-6-9/h4-8H,2-3H2,1H3,(H,15,16)/b7-6-,9-4+,10-5?. The number of aldehydes is 1. The molecule has 0 saturated carbocycles. The molecule has 0 amide bonds. The number of halogens is 1. The number of hydrogen-bond donors (Lipinski definition) is 1. The number of rotatable bonds is 3. The van der Waals surface area contributed by atoms with Crippen molar-refractivity contribution in [1.29, 1.82) is 0 Å². The zero-order valence-electron chi connectivity index (χ0n) is 9.94. The van der Waals surface area contributed by atoms with Gasteiger partial charge in [0.2, 0.25) is 0 Å². The third-order valence-corrected chi connectivity index (χ3v) is 3.22. The second kappa shape index (κ2) is 5.82. The van der Waals surface area contributed by atoms with E-state index < -0.39 is 0 Å². The molecule has 0 unspecified atom stereocenters. The van der Waals surface area contributed by atoms with Gasteiger partial charge in [0.25, 0.3) is 0 Å². The normalized spacial score (nSPS) is 20.1. The molecule has 5 heteroatoms. The van der Waals surface area contributed by atoms with Gasteiger partial charge in [-0.05, 0) is 18.9 Å². The van der Waals surface area contributed by atoms with Crippen molar-refractivity contribution in [1.82, 2.24) is 10.2 Å². The molecule has 94 valence electrons. The topological polar surface area (TPSA) is 55.0 Å². The van der Waals surface area contributed by atoms with Crippen molar-refractivity contribution >= 4 is 27.8 Å². The van der Waals surface area contributed by atoms with E-state index in [1.54, 1.807) is 0 Å². The quantitative estimate of drug-likeness (QED) is 0.872. The molecule has 0 aromatic carbocycles. The van der Waals surface area contributed by atoms with Crippen LogP contribution in [-0.2, 0) is 0 Å². The van der Waals surface area contributed by atoms with Gasteiger partial charge < -0.3 is 4.74 Å². The molecule has 0 aliphatic heterocycles. The number of methoxy groups -OCH3 is 1. The van der Waals surface area contributed by atoms with Crippen LogP contribution in [0, 0.1) is 0 Å². The number of aromatic amines is 1. The number of carbonyl (C=O) groups excluding carboxylic acids is 1. The van der Waals surface area contributed by atoms with Crippen molar-refractivity contribution < 1.29 is 9.53 Å². The van der Waals surface area contributed by atoms with Gasteiger partial charge in [0, 0.05) is 10.1 Å². The summed E-state index contributed by atoms with van der Waals surface area (Å²) in [5.41, 5.74) is 1.97. The monoisotopic (exact) mass is 308 g/mol. The summed E-state index contributed by atoms with van der Waals surface area (Å²) in [7, 11) is 1.53. The van der Waals surface area contributed by atoms with Gasteiger partial charge in [0.1, 0.15) is 11.4 Å². The lowest BCUT2D eigenvalue weighted by Crippen LogP contribution is -1.91. The van der Waals surface area contributed by atoms with Crippen LogP contribution in [0.2, 0.25) is 0 Å². The first-order valence-corrected chi connectivity index (χ1v) is 6.37. The predicted molar refractivity (Wildman–Crippen MR) is 73.9 cm³/mol. The van der Waals surface area contributed by atoms with E-state index in [-0.39, 0.29) is 0 Å². The van der Waals surface area contributed by atoms with E-state index in [1.807, 2.05) is 12.2 Å². The van der Waals surface area contributed by atoms with Crippen LogP contribution in [-0.4, -0.2) is 23.6 Å². The Balaban J connectivity index is 2.42. The van der Waals surface area contributed by atoms with Gasteiger partial charge in [0.15, 0.2) is 12.0 Å². The Bertz CT molecular complexity index is 541. The highest BCUT2D eigenvalue weighted by molar-refractivity contribution is 9.11. The number of hydrogen-bond acceptors (Lipinski definition) is 3. The van der Waals surface area contributed by atoms with Gasteiger partial charge >= 0.3 is 0 Å². The molecule has 1 aliphatic carbocycles. The predicted octanol–water partition coefficient (Wildman–Crippen LogP) is 3.24. The summed E-state index contributed by atoms with van der Waals surface area (Å²) in [5, 5.41) is 6.82. The van der Waals surface area contributed by atoms with Gasteiger partial charge in [0.05, 0.1) is 7.11 Å². The van der Waals surface area contributed by atoms with Gasteiger partial charge in [-0.25, -0.2) is 0 Å². The number of allylic oxidation sites excluding steroid dienone is 6. The van der Waals surface area contributed by atoms with Gasteiger partial charge in [-0.2, -0.15) is 5.10 Å². The third-order valence-electron chi connectivity index (χ3n) is 2.64. The minimum atomic E-state index is 0.360. The molecule has 1 aliphatic rings. The van der Waals surface area contributed by atoms with Crippen LogP contribution in [0.3, 0.4) is 0 Å². The fourth-order valence-electron chi connectivity index (χ4n) is 1.77. The average Bonchev–Trinajstić information content (AvgIpc) is 2.77. The average molecular weight is 309 g/mol. The van der Waals surface area contributed by atoms with Crippen LogP contribution in [0.25, 0.3) is 5.57 Å². The first-order valence-electron chi connectivity index (χ1n) is 5.58. The van der Waals surface area contributed by atoms with E-state index in [2.05, 4.69) is 38.3 Å². The first kappa shape index (κ1) is 12.8. The zero-order chi connectivity index (χ0) is 13.0. The lowest BCUT2D eigenvalue weighted by atomic mass is 10.1. The third kappa shape index (κ3) is 2.61. The smallest absolute Gasteiger partial charge is 0.175 e. The minimum absolute atomic E-state index is 0.360. The van der Waals surface area contributed by atoms with Crippen LogP contribution in [0.1, 0.15) is 29.0 Å². The number of ether oxygens (including phenoxy) is 1. The SMILES string of the molecule is COc1c(C2=C/CCC=C(Br)/C=C\2)n[nH]c1C=O. The molecule has 4 nitrogen and oxygen atoms in total. The first-order chi connectivity index (χ1) is 8.76. The molecule has 0 atom stereocenters. The van der Waals surface area contributed by atoms with Crippen molar-refractivity contribution in [2.24, 2.45) is 0 Å². The molecule has 1 heterocycles. The molecule has 0 bridgehead atoms. The fraction of sp³-hybridized carbons (Fsp3) is 0.231. The number of carbonyl (C=O) groups is 1. The van der Waals surface area contributed by atoms with E-state index in [9.17, 15) is 4.79 Å². The lowest BCUT2D eigenvalue weighted by Gasteiger charge is -2.05. The highest BCUT2D eigenvalue weighted by atomic mass is 79.9. The summed E-state index contributed by atoms with van der Waals surface area (Å²) in [6.45, 7) is 0. The van der Waals surface area contributed by atoms with Crippen LogP contribution in [0.4, 0.5) is 0 Å². The molecule has 0 spiro atoms. The van der Waals surface area contributed by atoms with Crippen LogP contribution in [0.15, 0.2) is 28.8 Å². The summed E-state index contributed by atoms with van der Waals surface area (Å²) in [6.07, 6.45) is 10.7. The summed E-state index contributed by atoms with van der Waals surface area (Å²) in [5.74, 6) is 0.488. The van der Waals surface area contributed by atoms with Crippen LogP contribution < -0.4 is 4.74 Å². The van der Waals surface area contributed by atoms with Crippen molar-refractivity contribution in [3.05, 3.63) is 40.2 Å². The molecule has 0 radical (unpaired) electrons. The highest BCUT2D eigenvalue weighted by Crippen LogP contribution is 2.29. The second-order valence-corrected chi connectivity index (χ2v) is 4.71. The second-order valence-electron chi connectivity index (χ2n) is 3.80. The summed E-state index contributed by atoms with van der Waals surface area (Å²) in [6, 6.07) is 0. The van der Waals surface area contributed by atoms with E-state index >= 15 is 0 Å². The Labute approximate surface area is 114 Å². The molecule has 0 saturated heterocycles. The summed E-state index contributed by atoms with van der Waals surface area (Å²) < 4.78 is 6.27. The maximum Gasteiger partial charge on any atom is 0.175 e. The maximum absolute atomic E-state index is 10.9. The molecule has 2 rings (SSSR count). The molecule has 0 fully saturated rings. The summed E-state index contributed by atoms with van der Waals surface area (Å²) in [4.78, 5) is 10.9. The van der Waals surface area contributed by atoms with E-state index in [4.69, 9.17) is 4.74 Å². The minimum Gasteiger partial charge on any atom is -0.492 e. The van der Waals surface area contributed by atoms with Crippen LogP contribution in [0.5, 0.6) is 5.75 Å². The van der Waals surface area contributed by atoms with Gasteiger partial charge in [-0.1, -0.05) is 34.2 Å². The number of aromatic nitrogens is 2. The Morgan fingerprint density at radius 1 is 1.39 bits per heavy atom. The van der Waals surface area contributed by atoms with Crippen molar-refractivity contribution in [2.45, 2.75) is 12.8 Å². The molecular formula is C13H13BrN2O2. The number of H-pyrrole nitrogens is 1. The molecule has 1 aromatic rings. The Hall–Kier alpha value is -1.62. The number of nitrogens with one attached hydrogen (secondary N) is 1. The van der Waals surface area contributed by atoms with Crippen molar-refractivity contribution in [2.75, 3.05) is 7.11 Å². The molecule has 1 N–H and O–H groups in total. The van der Waals surface area contributed by atoms with Gasteiger partial charge in [-0.15, -0.1) is 0 Å². The largest absolute Gasteiger partial charge is 0.492 e. The van der Waals surface area contributed by atoms with E-state index in [1.165, 1.54) is 7.11 Å². The van der Waals surface area contributed by atoms with Gasteiger partial charge in [-0.3, -0.25) is 9.89 Å². The molecule has 1 aromatic heterocycles. The zero-order valence-corrected chi connectivity index (χ0v) is 11.5. The molecular weight excluding hydrogens is 296 g/mol. The van der Waals surface area contributed by atoms with E-state index in [0.29, 0.717) is 23.4 Å². The molecule has 18 heavy (non-hydrogen) atoms. The Kier molecular flexibility index (Phi) is 4.15. The lowest BCUT2D eigenvalue weighted by molar-refractivity contribution is 0.111. The highest BCUT2D eigenvalue weighted by Gasteiger charge is 2.15. The van der Waals surface area contributed by atoms with Crippen LogP contribution >= 0.6 is 15.9 Å². The van der Waals surface area contributed by atoms with Crippen molar-refractivity contribution in [3.63, 3.8) is 0 Å². The Morgan fingerprint density at radius 3 is 2.89 bits per heavy atom. The van der Waals surface area contributed by atoms with Crippen molar-refractivity contribution in [3.8, 4) is 5.75 Å². The van der Waals surface area contributed by atoms with E-state index in [0.717, 1.165) is 22.9 Å². The number of nitrogens with zero attached hydrogens (tertiary/aromatic N) is 1. The fourth-order valence-corrected chi connectivity index (χ4v) is 2.13. The Morgan fingerprint density at radius 2 is 2.17 bits per heavy atom. The summed E-state index contributed by atoms with van der Waals surface area (Å²) >= 11 is 3.46.